The van der Waals surface area contributed by atoms with Crippen molar-refractivity contribution in [3.63, 3.8) is 0 Å². The van der Waals surface area contributed by atoms with E-state index in [1.54, 1.807) is 30.3 Å². The summed E-state index contributed by atoms with van der Waals surface area (Å²) in [6.07, 6.45) is 0. The van der Waals surface area contributed by atoms with Gasteiger partial charge in [0.1, 0.15) is 11.0 Å². The minimum absolute atomic E-state index is 0.305. The molecular formula is C13H12N4O5. The van der Waals surface area contributed by atoms with Crippen molar-refractivity contribution in [2.75, 3.05) is 0 Å². The molecule has 2 amide bonds. The second kappa shape index (κ2) is 6.50. The Morgan fingerprint density at radius 3 is 2.41 bits per heavy atom. The molecule has 0 unspecified atom stereocenters. The lowest BCUT2D eigenvalue weighted by molar-refractivity contribution is -0.402. The molecule has 2 rings (SSSR count). The number of carbonyl (C=O) groups is 2. The third kappa shape index (κ3) is 3.46. The van der Waals surface area contributed by atoms with Gasteiger partial charge in [0.25, 0.3) is 5.91 Å². The lowest BCUT2D eigenvalue weighted by Crippen LogP contribution is -2.45. The Bertz CT molecular complexity index is 697. The highest BCUT2D eigenvalue weighted by Crippen LogP contribution is 2.15. The first-order chi connectivity index (χ1) is 10.5. The van der Waals surface area contributed by atoms with Crippen LogP contribution in [-0.4, -0.2) is 16.7 Å². The van der Waals surface area contributed by atoms with E-state index < -0.39 is 28.7 Å². The number of nitro groups is 1. The van der Waals surface area contributed by atoms with E-state index in [1.807, 2.05) is 0 Å². The number of nitrogens with two attached hydrogens (primary N) is 1. The van der Waals surface area contributed by atoms with Gasteiger partial charge < -0.3 is 10.2 Å². The molecule has 0 radical (unpaired) electrons. The van der Waals surface area contributed by atoms with Crippen molar-refractivity contribution >= 4 is 17.7 Å². The van der Waals surface area contributed by atoms with Crippen LogP contribution in [0.3, 0.4) is 0 Å². The van der Waals surface area contributed by atoms with Crippen LogP contribution in [0, 0.1) is 10.1 Å². The van der Waals surface area contributed by atoms with Gasteiger partial charge in [-0.15, -0.1) is 0 Å². The molecule has 0 saturated carbocycles. The predicted molar refractivity (Wildman–Crippen MR) is 74.3 cm³/mol. The second-order valence-corrected chi connectivity index (χ2v) is 4.23. The minimum Gasteiger partial charge on any atom is -0.395 e. The molecular weight excluding hydrogens is 292 g/mol. The molecule has 1 aromatic heterocycles. The van der Waals surface area contributed by atoms with Gasteiger partial charge in [-0.1, -0.05) is 30.3 Å². The number of benzene rings is 1. The van der Waals surface area contributed by atoms with Crippen molar-refractivity contribution in [2.45, 2.75) is 6.04 Å². The molecule has 22 heavy (non-hydrogen) atoms. The molecule has 0 saturated heterocycles. The summed E-state index contributed by atoms with van der Waals surface area (Å²) in [6.45, 7) is 0. The normalized spacial score (nSPS) is 11.5. The van der Waals surface area contributed by atoms with Gasteiger partial charge in [0.2, 0.25) is 5.76 Å². The van der Waals surface area contributed by atoms with Crippen LogP contribution < -0.4 is 16.6 Å². The summed E-state index contributed by atoms with van der Waals surface area (Å²) in [5.41, 5.74) is 10.5. The number of hydrogen-bond donors (Lipinski definition) is 3. The number of nitrogens with zero attached hydrogens (tertiary/aromatic N) is 1. The Morgan fingerprint density at radius 2 is 1.82 bits per heavy atom. The average molecular weight is 304 g/mol. The summed E-state index contributed by atoms with van der Waals surface area (Å²) in [6, 6.07) is 9.76. The monoisotopic (exact) mass is 304 g/mol. The van der Waals surface area contributed by atoms with E-state index in [9.17, 15) is 19.7 Å². The number of hydrogen-bond acceptors (Lipinski definition) is 6. The lowest BCUT2D eigenvalue weighted by Gasteiger charge is -2.12. The maximum absolute atomic E-state index is 11.8. The topological polar surface area (TPSA) is 140 Å². The van der Waals surface area contributed by atoms with Crippen molar-refractivity contribution in [1.82, 2.24) is 10.9 Å². The zero-order chi connectivity index (χ0) is 16.1. The van der Waals surface area contributed by atoms with Crippen molar-refractivity contribution in [1.29, 1.82) is 0 Å². The molecule has 0 bridgehead atoms. The van der Waals surface area contributed by atoms with Crippen molar-refractivity contribution < 1.29 is 18.9 Å². The maximum Gasteiger partial charge on any atom is 0.433 e. The highest BCUT2D eigenvalue weighted by molar-refractivity contribution is 5.93. The molecule has 1 aromatic carbocycles. The summed E-state index contributed by atoms with van der Waals surface area (Å²) in [7, 11) is 0. The Labute approximate surface area is 124 Å². The van der Waals surface area contributed by atoms with Gasteiger partial charge in [0.05, 0.1) is 6.07 Å². The first-order valence-corrected chi connectivity index (χ1v) is 6.14. The van der Waals surface area contributed by atoms with Gasteiger partial charge in [-0.2, -0.15) is 0 Å². The van der Waals surface area contributed by atoms with E-state index in [4.69, 9.17) is 10.2 Å². The van der Waals surface area contributed by atoms with Crippen molar-refractivity contribution in [2.24, 2.45) is 5.73 Å². The van der Waals surface area contributed by atoms with E-state index in [1.165, 1.54) is 0 Å². The van der Waals surface area contributed by atoms with Crippen molar-refractivity contribution in [3.8, 4) is 0 Å². The van der Waals surface area contributed by atoms with Gasteiger partial charge in [-0.25, -0.2) is 0 Å². The molecule has 114 valence electrons. The van der Waals surface area contributed by atoms with Crippen LogP contribution in [0.25, 0.3) is 0 Å². The smallest absolute Gasteiger partial charge is 0.395 e. The number of rotatable bonds is 4. The van der Waals surface area contributed by atoms with Crippen molar-refractivity contribution in [3.05, 3.63) is 63.9 Å². The molecule has 0 aliphatic rings. The van der Waals surface area contributed by atoms with Gasteiger partial charge >= 0.3 is 11.8 Å². The molecule has 1 atom stereocenters. The molecule has 9 heteroatoms. The summed E-state index contributed by atoms with van der Waals surface area (Å²) < 4.78 is 4.69. The molecule has 9 nitrogen and oxygen atoms in total. The number of carbonyl (C=O) groups excluding carboxylic acids is 2. The summed E-state index contributed by atoms with van der Waals surface area (Å²) in [4.78, 5) is 33.1. The largest absolute Gasteiger partial charge is 0.433 e. The van der Waals surface area contributed by atoms with Crippen LogP contribution in [0.15, 0.2) is 46.9 Å². The molecule has 0 fully saturated rings. The third-order valence-electron chi connectivity index (χ3n) is 2.74. The number of furan rings is 1. The molecule has 0 aliphatic carbocycles. The van der Waals surface area contributed by atoms with Crippen LogP contribution in [0.2, 0.25) is 0 Å². The Hall–Kier alpha value is -3.20. The molecule has 0 spiro atoms. The van der Waals surface area contributed by atoms with E-state index in [-0.39, 0.29) is 5.76 Å². The minimum atomic E-state index is -0.965. The van der Waals surface area contributed by atoms with E-state index in [2.05, 4.69) is 10.9 Å². The van der Waals surface area contributed by atoms with Crippen LogP contribution in [0.4, 0.5) is 5.88 Å². The van der Waals surface area contributed by atoms with Gasteiger partial charge in [0, 0.05) is 0 Å². The second-order valence-electron chi connectivity index (χ2n) is 4.23. The average Bonchev–Trinajstić information content (AvgIpc) is 3.02. The molecule has 4 N–H and O–H groups in total. The Kier molecular flexibility index (Phi) is 4.49. The van der Waals surface area contributed by atoms with E-state index in [0.29, 0.717) is 5.56 Å². The van der Waals surface area contributed by atoms with Gasteiger partial charge in [-0.05, 0) is 11.6 Å². The highest BCUT2D eigenvalue weighted by Gasteiger charge is 2.19. The van der Waals surface area contributed by atoms with E-state index >= 15 is 0 Å². The first kappa shape index (κ1) is 15.2. The summed E-state index contributed by atoms with van der Waals surface area (Å²) >= 11 is 0. The lowest BCUT2D eigenvalue weighted by atomic mass is 10.1. The third-order valence-corrected chi connectivity index (χ3v) is 2.74. The molecule has 2 aromatic rings. The zero-order valence-corrected chi connectivity index (χ0v) is 11.2. The predicted octanol–water partition coefficient (Wildman–Crippen LogP) is 0.649. The first-order valence-electron chi connectivity index (χ1n) is 6.14. The maximum atomic E-state index is 11.8. The highest BCUT2D eigenvalue weighted by atomic mass is 16.6. The fraction of sp³-hybridized carbons (Fsp3) is 0.0769. The number of nitrogens with one attached hydrogen (secondary N) is 2. The van der Waals surface area contributed by atoms with E-state index in [0.717, 1.165) is 12.1 Å². The van der Waals surface area contributed by atoms with Gasteiger partial charge in [0.15, 0.2) is 0 Å². The quantitative estimate of drug-likeness (QED) is 0.559. The number of amides is 2. The molecule has 0 aliphatic heterocycles. The standard InChI is InChI=1S/C13H12N4O5/c14-11(8-4-2-1-3-5-8)13(19)16-15-12(18)9-6-7-10(22-9)17(20)21/h1-7,11H,14H2,(H,15,18)(H,16,19)/t11-/m0/s1. The van der Waals surface area contributed by atoms with Crippen LogP contribution in [-0.2, 0) is 4.79 Å². The Morgan fingerprint density at radius 1 is 1.14 bits per heavy atom. The zero-order valence-electron chi connectivity index (χ0n) is 11.2. The SMILES string of the molecule is N[C@H](C(=O)NNC(=O)c1ccc([N+](=O)[O-])o1)c1ccccc1. The fourth-order valence-electron chi connectivity index (χ4n) is 1.62. The van der Waals surface area contributed by atoms with Crippen LogP contribution in [0.1, 0.15) is 22.2 Å². The van der Waals surface area contributed by atoms with Gasteiger partial charge in [-0.3, -0.25) is 30.6 Å². The number of hydrazine groups is 1. The summed E-state index contributed by atoms with van der Waals surface area (Å²) in [5.74, 6) is -2.35. The fourth-order valence-corrected chi connectivity index (χ4v) is 1.62. The van der Waals surface area contributed by atoms with Crippen LogP contribution in [0.5, 0.6) is 0 Å². The Balaban J connectivity index is 1.93. The molecule has 1 heterocycles. The van der Waals surface area contributed by atoms with Crippen LogP contribution >= 0.6 is 0 Å². The summed E-state index contributed by atoms with van der Waals surface area (Å²) in [5, 5.41) is 10.4.